The molecule has 0 N–H and O–H groups in total. The van der Waals surface area contributed by atoms with Crippen LogP contribution >= 0.6 is 0 Å². The Kier molecular flexibility index (Phi) is 23.5. The van der Waals surface area contributed by atoms with Gasteiger partial charge in [0.2, 0.25) is 0 Å². The number of methoxy groups -OCH3 is 3. The van der Waals surface area contributed by atoms with Crippen molar-refractivity contribution in [2.24, 2.45) is 0 Å². The van der Waals surface area contributed by atoms with Crippen molar-refractivity contribution in [1.82, 2.24) is 0 Å². The molecule has 1 heterocycles. The number of ether oxygens (including phenoxy) is 12. The summed E-state index contributed by atoms with van der Waals surface area (Å²) in [6.07, 6.45) is 1.57. The first-order valence-electron chi connectivity index (χ1n) is 31.3. The van der Waals surface area contributed by atoms with Gasteiger partial charge < -0.3 is 56.8 Å². The Bertz CT molecular complexity index is 3070. The Morgan fingerprint density at radius 1 is 0.303 bits per heavy atom. The molecule has 89 heavy (non-hydrogen) atoms. The van der Waals surface area contributed by atoms with Crippen LogP contribution in [0.5, 0.6) is 28.7 Å². The molecule has 0 fully saturated rings. The van der Waals surface area contributed by atoms with Crippen LogP contribution < -0.4 is 23.7 Å². The van der Waals surface area contributed by atoms with Crippen LogP contribution in [0, 0.1) is 0 Å². The molecule has 5 aromatic carbocycles. The second kappa shape index (κ2) is 30.0. The lowest BCUT2D eigenvalue weighted by atomic mass is 9.79. The standard InChI is InChI=1S/C74H100O15/c1-70(2,3)57-34-47-29-51-38-59(72(7,8)9)39-52(67(51)87-44-62(75)78-16)30-48-35-58(71(4,5)6)37-50-32-54-41-61(74(13,14)15)43-56(69(54)89-46-64(77)80-18)33-55-42-60(73(10,11)12)40-53(68(55)88-45-63(76)79-17)31-49(36-57)65(47)85-27-25-83-23-21-81-19-20-82-22-24-84-26-28-86-66(48)50/h34-43H,19-33,44-46H2,1-18H3. The Labute approximate surface area is 530 Å². The van der Waals surface area contributed by atoms with Crippen molar-refractivity contribution >= 4 is 17.9 Å². The number of hydrogen-bond donors (Lipinski definition) is 0. The number of fused-ring (bicyclic) bond motifs is 4. The monoisotopic (exact) mass is 1230 g/mol. The fourth-order valence-corrected chi connectivity index (χ4v) is 10.9. The Balaban J connectivity index is 1.72. The zero-order valence-electron chi connectivity index (χ0n) is 56.6. The molecule has 5 aromatic rings. The van der Waals surface area contributed by atoms with Crippen LogP contribution in [0.1, 0.15) is 187 Å². The minimum absolute atomic E-state index is 0.200. The molecule has 7 rings (SSSR count). The van der Waals surface area contributed by atoms with Crippen molar-refractivity contribution in [3.05, 3.63) is 144 Å². The second-order valence-corrected chi connectivity index (χ2v) is 28.5. The third kappa shape index (κ3) is 19.2. The van der Waals surface area contributed by atoms with Crippen LogP contribution in [0.15, 0.2) is 60.7 Å². The maximum atomic E-state index is 13.4. The summed E-state index contributed by atoms with van der Waals surface area (Å²) < 4.78 is 74.7. The molecule has 0 spiro atoms. The summed E-state index contributed by atoms with van der Waals surface area (Å²) in [4.78, 5) is 40.1. The van der Waals surface area contributed by atoms with Gasteiger partial charge in [-0.3, -0.25) is 0 Å². The molecule has 12 bridgehead atoms. The van der Waals surface area contributed by atoms with Gasteiger partial charge >= 0.3 is 17.9 Å². The molecule has 1 aliphatic carbocycles. The maximum absolute atomic E-state index is 13.4. The van der Waals surface area contributed by atoms with Gasteiger partial charge in [-0.1, -0.05) is 165 Å². The quantitative estimate of drug-likeness (QED) is 0.0992. The zero-order chi connectivity index (χ0) is 65.1. The van der Waals surface area contributed by atoms with Crippen LogP contribution in [0.3, 0.4) is 0 Å². The Hall–Kier alpha value is -6.65. The molecule has 0 amide bonds. The van der Waals surface area contributed by atoms with Gasteiger partial charge in [-0.15, -0.1) is 0 Å². The summed E-state index contributed by atoms with van der Waals surface area (Å²) in [5.74, 6) is 1.25. The lowest BCUT2D eigenvalue weighted by Crippen LogP contribution is -2.20. The van der Waals surface area contributed by atoms with E-state index in [1.807, 2.05) is 0 Å². The maximum Gasteiger partial charge on any atom is 0.343 e. The zero-order valence-corrected chi connectivity index (χ0v) is 56.6. The highest BCUT2D eigenvalue weighted by atomic mass is 16.6. The minimum Gasteiger partial charge on any atom is -0.491 e. The van der Waals surface area contributed by atoms with E-state index in [0.717, 1.165) is 83.5 Å². The Morgan fingerprint density at radius 2 is 0.483 bits per heavy atom. The van der Waals surface area contributed by atoms with E-state index in [1.54, 1.807) is 0 Å². The van der Waals surface area contributed by atoms with Crippen LogP contribution in [0.4, 0.5) is 0 Å². The highest BCUT2D eigenvalue weighted by Crippen LogP contribution is 2.45. The summed E-state index contributed by atoms with van der Waals surface area (Å²) in [6.45, 7) is 35.0. The highest BCUT2D eigenvalue weighted by molar-refractivity contribution is 5.73. The van der Waals surface area contributed by atoms with Gasteiger partial charge in [-0.25, -0.2) is 14.4 Å². The van der Waals surface area contributed by atoms with Crippen molar-refractivity contribution in [3.8, 4) is 28.7 Å². The fourth-order valence-electron chi connectivity index (χ4n) is 10.9. The third-order valence-corrected chi connectivity index (χ3v) is 16.2. The van der Waals surface area contributed by atoms with E-state index in [0.29, 0.717) is 94.1 Å². The molecule has 0 aromatic heterocycles. The van der Waals surface area contributed by atoms with Crippen molar-refractivity contribution < 1.29 is 71.2 Å². The highest BCUT2D eigenvalue weighted by Gasteiger charge is 2.31. The number of rotatable bonds is 9. The summed E-state index contributed by atoms with van der Waals surface area (Å²) in [7, 11) is 4.06. The molecule has 15 heteroatoms. The lowest BCUT2D eigenvalue weighted by Gasteiger charge is -2.29. The van der Waals surface area contributed by atoms with Gasteiger partial charge in [0.15, 0.2) is 19.8 Å². The van der Waals surface area contributed by atoms with Crippen LogP contribution in [0.25, 0.3) is 0 Å². The summed E-state index contributed by atoms with van der Waals surface area (Å²) in [5.41, 5.74) is 11.8. The Morgan fingerprint density at radius 3 is 0.674 bits per heavy atom. The smallest absolute Gasteiger partial charge is 0.343 e. The number of carbonyl (C=O) groups excluding carboxylic acids is 3. The number of esters is 3. The first-order valence-corrected chi connectivity index (χ1v) is 31.3. The normalized spacial score (nSPS) is 15.3. The topological polar surface area (TPSA) is 162 Å². The second-order valence-electron chi connectivity index (χ2n) is 28.5. The largest absolute Gasteiger partial charge is 0.491 e. The van der Waals surface area contributed by atoms with Gasteiger partial charge in [0.05, 0.1) is 74.2 Å². The van der Waals surface area contributed by atoms with Crippen LogP contribution in [-0.4, -0.2) is 125 Å². The molecular weight excluding hydrogens is 1130 g/mol. The fraction of sp³-hybridized carbons (Fsp3) is 0.554. The average molecular weight is 1230 g/mol. The number of carbonyl (C=O) groups is 3. The number of benzene rings is 5. The van der Waals surface area contributed by atoms with E-state index in [1.165, 1.54) is 21.3 Å². The third-order valence-electron chi connectivity index (χ3n) is 16.2. The molecule has 0 atom stereocenters. The van der Waals surface area contributed by atoms with Gasteiger partial charge in [0.1, 0.15) is 42.0 Å². The van der Waals surface area contributed by atoms with Crippen LogP contribution in [0.2, 0.25) is 0 Å². The molecule has 0 unspecified atom stereocenters. The summed E-state index contributed by atoms with van der Waals surface area (Å²) >= 11 is 0. The predicted molar refractivity (Wildman–Crippen MR) is 347 cm³/mol. The van der Waals surface area contributed by atoms with E-state index >= 15 is 0 Å². The van der Waals surface area contributed by atoms with E-state index < -0.39 is 17.9 Å². The van der Waals surface area contributed by atoms with Crippen molar-refractivity contribution in [2.45, 2.75) is 163 Å². The first kappa shape index (κ1) is 69.8. The van der Waals surface area contributed by atoms with E-state index in [4.69, 9.17) is 56.8 Å². The van der Waals surface area contributed by atoms with Gasteiger partial charge in [-0.05, 0) is 111 Å². The molecule has 486 valence electrons. The SMILES string of the molecule is COC(=O)COc1c2cc(C(C)(C)C)cc1Cc1cc(C(C)(C)C)cc3c1OCCOCCOCCOCCOCCOc1c(cc(C(C)(C)C)cc1Cc1cc(C(C)(C)C)cc(c1OCC(=O)OC)Cc1cc(C(C)(C)C)cc(c1OCC(=O)OC)C3)C2. The van der Waals surface area contributed by atoms with Crippen LogP contribution in [-0.2, 0) is 107 Å². The molecule has 2 aliphatic rings. The van der Waals surface area contributed by atoms with E-state index in [-0.39, 0.29) is 79.7 Å². The van der Waals surface area contributed by atoms with Gasteiger partial charge in [0.25, 0.3) is 0 Å². The first-order chi connectivity index (χ1) is 41.9. The predicted octanol–water partition coefficient (Wildman–Crippen LogP) is 12.9. The van der Waals surface area contributed by atoms with Crippen molar-refractivity contribution in [1.29, 1.82) is 0 Å². The molecular formula is C74H100O15. The molecule has 0 saturated carbocycles. The molecule has 15 nitrogen and oxygen atoms in total. The summed E-state index contributed by atoms with van der Waals surface area (Å²) in [5, 5.41) is 0. The van der Waals surface area contributed by atoms with Gasteiger partial charge in [0, 0.05) is 32.1 Å². The molecule has 0 radical (unpaired) electrons. The summed E-state index contributed by atoms with van der Waals surface area (Å²) in [6, 6.07) is 22.0. The lowest BCUT2D eigenvalue weighted by molar-refractivity contribution is -0.143. The van der Waals surface area contributed by atoms with Gasteiger partial charge in [-0.2, -0.15) is 0 Å². The van der Waals surface area contributed by atoms with Crippen molar-refractivity contribution in [3.63, 3.8) is 0 Å². The molecule has 1 aliphatic heterocycles. The van der Waals surface area contributed by atoms with E-state index in [2.05, 4.69) is 165 Å². The number of hydrogen-bond acceptors (Lipinski definition) is 15. The average Bonchev–Trinajstić information content (AvgIpc) is 0.814. The molecule has 0 saturated heterocycles. The van der Waals surface area contributed by atoms with Crippen molar-refractivity contribution in [2.75, 3.05) is 107 Å². The minimum atomic E-state index is -0.543. The van der Waals surface area contributed by atoms with E-state index in [9.17, 15) is 14.4 Å².